The van der Waals surface area contributed by atoms with Crippen molar-refractivity contribution in [3.63, 3.8) is 0 Å². The van der Waals surface area contributed by atoms with Crippen molar-refractivity contribution in [3.05, 3.63) is 53.1 Å². The maximum Gasteiger partial charge on any atom is 0.416 e. The molecule has 35 heavy (non-hydrogen) atoms. The van der Waals surface area contributed by atoms with Gasteiger partial charge in [0.05, 0.1) is 5.56 Å². The van der Waals surface area contributed by atoms with Gasteiger partial charge in [0.1, 0.15) is 17.4 Å². The van der Waals surface area contributed by atoms with Crippen LogP contribution in [0.2, 0.25) is 0 Å². The second kappa shape index (κ2) is 9.68. The number of alkyl halides is 3. The lowest BCUT2D eigenvalue weighted by atomic mass is 9.83. The third kappa shape index (κ3) is 5.02. The van der Waals surface area contributed by atoms with Crippen LogP contribution in [-0.4, -0.2) is 26.1 Å². The summed E-state index contributed by atoms with van der Waals surface area (Å²) in [7, 11) is 0. The molecule has 0 saturated heterocycles. The minimum absolute atomic E-state index is 0.0481. The molecule has 0 spiro atoms. The monoisotopic (exact) mass is 480 g/mol. The number of anilines is 1. The van der Waals surface area contributed by atoms with Crippen LogP contribution < -0.4 is 5.32 Å². The molecule has 0 aliphatic heterocycles. The first kappa shape index (κ1) is 23.3. The molecule has 182 valence electrons. The molecule has 2 heterocycles. The minimum Gasteiger partial charge on any atom is -0.368 e. The zero-order chi connectivity index (χ0) is 24.4. The number of aromatic nitrogens is 4. The Morgan fingerprint density at radius 3 is 2.49 bits per heavy atom. The summed E-state index contributed by atoms with van der Waals surface area (Å²) in [4.78, 5) is 13.6. The van der Waals surface area contributed by atoms with Crippen LogP contribution in [0, 0.1) is 17.2 Å². The SMILES string of the molecule is N#Cc1nc(NCCC2CCC2)c2c(n1)nc(C1=CCCCC1)n2Cc1ccc(C(F)(F)F)cc1. The molecule has 0 radical (unpaired) electrons. The highest BCUT2D eigenvalue weighted by Crippen LogP contribution is 2.34. The van der Waals surface area contributed by atoms with Crippen LogP contribution in [0.4, 0.5) is 19.0 Å². The minimum atomic E-state index is -4.38. The van der Waals surface area contributed by atoms with Crippen molar-refractivity contribution in [3.8, 4) is 6.07 Å². The van der Waals surface area contributed by atoms with Gasteiger partial charge in [0, 0.05) is 13.1 Å². The molecule has 9 heteroatoms. The number of hydrogen-bond acceptors (Lipinski definition) is 5. The molecular formula is C26H27F3N6. The highest BCUT2D eigenvalue weighted by Gasteiger charge is 2.30. The summed E-state index contributed by atoms with van der Waals surface area (Å²) < 4.78 is 41.2. The molecule has 1 saturated carbocycles. The van der Waals surface area contributed by atoms with Crippen LogP contribution in [0.1, 0.15) is 74.1 Å². The molecule has 0 bridgehead atoms. The molecule has 0 atom stereocenters. The predicted molar refractivity (Wildman–Crippen MR) is 127 cm³/mol. The van der Waals surface area contributed by atoms with Gasteiger partial charge in [-0.15, -0.1) is 0 Å². The van der Waals surface area contributed by atoms with Crippen molar-refractivity contribution in [2.75, 3.05) is 11.9 Å². The first-order valence-electron chi connectivity index (χ1n) is 12.2. The van der Waals surface area contributed by atoms with E-state index in [4.69, 9.17) is 4.98 Å². The van der Waals surface area contributed by atoms with Crippen LogP contribution in [0.25, 0.3) is 16.7 Å². The molecule has 5 rings (SSSR count). The van der Waals surface area contributed by atoms with E-state index in [2.05, 4.69) is 21.4 Å². The van der Waals surface area contributed by atoms with Gasteiger partial charge in [0.15, 0.2) is 11.5 Å². The molecule has 0 unspecified atom stereocenters. The van der Waals surface area contributed by atoms with Crippen LogP contribution in [0.3, 0.4) is 0 Å². The number of nitrogens with one attached hydrogen (secondary N) is 1. The Morgan fingerprint density at radius 2 is 1.86 bits per heavy atom. The lowest BCUT2D eigenvalue weighted by molar-refractivity contribution is -0.137. The average Bonchev–Trinajstić information content (AvgIpc) is 3.19. The Balaban J connectivity index is 1.56. The number of fused-ring (bicyclic) bond motifs is 1. The Labute approximate surface area is 201 Å². The van der Waals surface area contributed by atoms with E-state index in [1.54, 1.807) is 0 Å². The molecule has 3 aromatic rings. The summed E-state index contributed by atoms with van der Waals surface area (Å²) in [5, 5.41) is 12.9. The molecule has 2 aliphatic rings. The number of benzene rings is 1. The van der Waals surface area contributed by atoms with E-state index >= 15 is 0 Å². The van der Waals surface area contributed by atoms with E-state index in [9.17, 15) is 18.4 Å². The van der Waals surface area contributed by atoms with Crippen molar-refractivity contribution in [1.29, 1.82) is 5.26 Å². The van der Waals surface area contributed by atoms with E-state index in [-0.39, 0.29) is 5.82 Å². The van der Waals surface area contributed by atoms with E-state index < -0.39 is 11.7 Å². The molecule has 0 amide bonds. The molecule has 2 aromatic heterocycles. The van der Waals surface area contributed by atoms with Gasteiger partial charge in [-0.3, -0.25) is 0 Å². The number of hydrogen-bond donors (Lipinski definition) is 1. The van der Waals surface area contributed by atoms with Gasteiger partial charge >= 0.3 is 6.18 Å². The molecule has 2 aliphatic carbocycles. The van der Waals surface area contributed by atoms with Gasteiger partial charge in [-0.2, -0.15) is 28.4 Å². The van der Waals surface area contributed by atoms with Gasteiger partial charge in [-0.05, 0) is 61.3 Å². The molecule has 1 fully saturated rings. The number of rotatable bonds is 7. The zero-order valence-corrected chi connectivity index (χ0v) is 19.4. The smallest absolute Gasteiger partial charge is 0.368 e. The van der Waals surface area contributed by atoms with Gasteiger partial charge in [-0.25, -0.2) is 4.98 Å². The third-order valence-electron chi connectivity index (χ3n) is 6.97. The van der Waals surface area contributed by atoms with Crippen LogP contribution in [0.5, 0.6) is 0 Å². The summed E-state index contributed by atoms with van der Waals surface area (Å²) in [6.07, 6.45) is 6.60. The maximum absolute atomic E-state index is 13.1. The average molecular weight is 481 g/mol. The summed E-state index contributed by atoms with van der Waals surface area (Å²) in [6.45, 7) is 1.05. The summed E-state index contributed by atoms with van der Waals surface area (Å²) >= 11 is 0. The summed E-state index contributed by atoms with van der Waals surface area (Å²) in [5.74, 6) is 2.06. The normalized spacial score (nSPS) is 16.6. The lowest BCUT2D eigenvalue weighted by Gasteiger charge is -2.25. The van der Waals surface area contributed by atoms with E-state index in [1.807, 2.05) is 10.6 Å². The first-order valence-corrected chi connectivity index (χ1v) is 12.2. The largest absolute Gasteiger partial charge is 0.416 e. The second-order valence-corrected chi connectivity index (χ2v) is 9.38. The summed E-state index contributed by atoms with van der Waals surface area (Å²) in [5.41, 5.74) is 2.25. The van der Waals surface area contributed by atoms with Gasteiger partial charge in [0.25, 0.3) is 0 Å². The quantitative estimate of drug-likeness (QED) is 0.428. The molecular weight excluding hydrogens is 453 g/mol. The molecule has 6 nitrogen and oxygen atoms in total. The summed E-state index contributed by atoms with van der Waals surface area (Å²) in [6, 6.07) is 7.24. The van der Waals surface area contributed by atoms with Crippen molar-refractivity contribution < 1.29 is 13.2 Å². The van der Waals surface area contributed by atoms with Crippen LogP contribution in [0.15, 0.2) is 30.3 Å². The van der Waals surface area contributed by atoms with Crippen molar-refractivity contribution >= 4 is 22.6 Å². The Morgan fingerprint density at radius 1 is 1.06 bits per heavy atom. The molecule has 1 aromatic carbocycles. The predicted octanol–water partition coefficient (Wildman–Crippen LogP) is 6.32. The highest BCUT2D eigenvalue weighted by atomic mass is 19.4. The van der Waals surface area contributed by atoms with Gasteiger partial charge < -0.3 is 9.88 Å². The highest BCUT2D eigenvalue weighted by molar-refractivity contribution is 5.86. The lowest BCUT2D eigenvalue weighted by Crippen LogP contribution is -2.17. The van der Waals surface area contributed by atoms with Crippen molar-refractivity contribution in [2.45, 2.75) is 64.1 Å². The molecule has 1 N–H and O–H groups in total. The van der Waals surface area contributed by atoms with E-state index in [0.717, 1.165) is 73.7 Å². The maximum atomic E-state index is 13.1. The second-order valence-electron chi connectivity index (χ2n) is 9.38. The van der Waals surface area contributed by atoms with Gasteiger partial charge in [0.2, 0.25) is 5.82 Å². The fourth-order valence-corrected chi connectivity index (χ4v) is 4.81. The van der Waals surface area contributed by atoms with Crippen LogP contribution in [-0.2, 0) is 12.7 Å². The number of nitriles is 1. The fourth-order valence-electron chi connectivity index (χ4n) is 4.81. The van der Waals surface area contributed by atoms with Crippen molar-refractivity contribution in [1.82, 2.24) is 19.5 Å². The topological polar surface area (TPSA) is 79.4 Å². The number of allylic oxidation sites excluding steroid dienone is 2. The fraction of sp³-hybridized carbons (Fsp3) is 0.462. The third-order valence-corrected chi connectivity index (χ3v) is 6.97. The van der Waals surface area contributed by atoms with E-state index in [0.29, 0.717) is 23.5 Å². The number of imidazole rings is 1. The van der Waals surface area contributed by atoms with Crippen LogP contribution >= 0.6 is 0 Å². The standard InChI is InChI=1S/C26H27F3N6/c27-26(28,29)20-11-9-18(10-12-20)16-35-22-23(31-14-13-17-5-4-6-17)32-21(15-30)33-24(22)34-25(35)19-7-2-1-3-8-19/h7,9-12,17H,1-6,8,13-14,16H2,(H,31,32,33). The zero-order valence-electron chi connectivity index (χ0n) is 19.4. The first-order chi connectivity index (χ1) is 16.9. The Kier molecular flexibility index (Phi) is 6.46. The van der Waals surface area contributed by atoms with E-state index in [1.165, 1.54) is 31.4 Å². The Bertz CT molecular complexity index is 1280. The number of nitrogens with zero attached hydrogens (tertiary/aromatic N) is 5. The Hall–Kier alpha value is -3.41. The van der Waals surface area contributed by atoms with Crippen molar-refractivity contribution in [2.24, 2.45) is 5.92 Å². The van der Waals surface area contributed by atoms with Gasteiger partial charge in [-0.1, -0.05) is 37.5 Å². The number of halogens is 3.